The molecule has 2 rings (SSSR count). The molecule has 1 aliphatic heterocycles. The number of pyridine rings is 1. The van der Waals surface area contributed by atoms with Gasteiger partial charge in [-0.3, -0.25) is 9.78 Å². The van der Waals surface area contributed by atoms with Crippen molar-refractivity contribution >= 4 is 5.91 Å². The molecule has 1 fully saturated rings. The standard InChI is InChI=1S/C14H21N3O/c1-2-14(6-10-16-11-14)13(18)17-9-5-12-3-7-15-8-4-12/h3-4,7-8,16H,2,5-6,9-11H2,1H3,(H,17,18). The Hall–Kier alpha value is -1.42. The van der Waals surface area contributed by atoms with Crippen LogP contribution in [0.3, 0.4) is 0 Å². The second-order valence-electron chi connectivity index (χ2n) is 4.92. The maximum absolute atomic E-state index is 12.2. The zero-order valence-corrected chi connectivity index (χ0v) is 10.9. The van der Waals surface area contributed by atoms with Gasteiger partial charge in [0.25, 0.3) is 0 Å². The summed E-state index contributed by atoms with van der Waals surface area (Å²) in [5.41, 5.74) is 1.03. The maximum atomic E-state index is 12.2. The van der Waals surface area contributed by atoms with Crippen molar-refractivity contribution < 1.29 is 4.79 Å². The van der Waals surface area contributed by atoms with E-state index in [0.717, 1.165) is 32.4 Å². The van der Waals surface area contributed by atoms with E-state index in [1.807, 2.05) is 12.1 Å². The van der Waals surface area contributed by atoms with Crippen LogP contribution >= 0.6 is 0 Å². The smallest absolute Gasteiger partial charge is 0.227 e. The van der Waals surface area contributed by atoms with Gasteiger partial charge in [0.15, 0.2) is 0 Å². The largest absolute Gasteiger partial charge is 0.355 e. The number of aromatic nitrogens is 1. The molecule has 1 aliphatic rings. The summed E-state index contributed by atoms with van der Waals surface area (Å²) < 4.78 is 0. The SMILES string of the molecule is CCC1(C(=O)NCCc2ccncc2)CCNC1. The Morgan fingerprint density at radius 2 is 2.28 bits per heavy atom. The number of amides is 1. The lowest BCUT2D eigenvalue weighted by molar-refractivity contribution is -0.130. The minimum Gasteiger partial charge on any atom is -0.355 e. The maximum Gasteiger partial charge on any atom is 0.227 e. The highest BCUT2D eigenvalue weighted by Crippen LogP contribution is 2.29. The summed E-state index contributed by atoms with van der Waals surface area (Å²) in [4.78, 5) is 16.2. The number of carbonyl (C=O) groups excluding carboxylic acids is 1. The third-order valence-electron chi connectivity index (χ3n) is 3.85. The molecule has 1 aromatic rings. The van der Waals surface area contributed by atoms with Crippen LogP contribution in [0.2, 0.25) is 0 Å². The van der Waals surface area contributed by atoms with Crippen LogP contribution in [0, 0.1) is 5.41 Å². The quantitative estimate of drug-likeness (QED) is 0.820. The molecule has 1 atom stereocenters. The van der Waals surface area contributed by atoms with Crippen LogP contribution in [-0.2, 0) is 11.2 Å². The van der Waals surface area contributed by atoms with Crippen LogP contribution < -0.4 is 10.6 Å². The summed E-state index contributed by atoms with van der Waals surface area (Å²) in [5.74, 6) is 0.198. The van der Waals surface area contributed by atoms with E-state index in [1.165, 1.54) is 5.56 Å². The van der Waals surface area contributed by atoms with E-state index in [1.54, 1.807) is 12.4 Å². The van der Waals surface area contributed by atoms with Gasteiger partial charge in [-0.2, -0.15) is 0 Å². The predicted molar refractivity (Wildman–Crippen MR) is 71.2 cm³/mol. The van der Waals surface area contributed by atoms with Gasteiger partial charge in [-0.1, -0.05) is 6.92 Å². The summed E-state index contributed by atoms with van der Waals surface area (Å²) in [5, 5.41) is 6.35. The van der Waals surface area contributed by atoms with E-state index in [9.17, 15) is 4.79 Å². The molecule has 0 saturated carbocycles. The van der Waals surface area contributed by atoms with Gasteiger partial charge < -0.3 is 10.6 Å². The molecule has 1 aromatic heterocycles. The molecule has 2 heterocycles. The van der Waals surface area contributed by atoms with E-state index >= 15 is 0 Å². The molecule has 4 nitrogen and oxygen atoms in total. The normalized spacial score (nSPS) is 22.9. The summed E-state index contributed by atoms with van der Waals surface area (Å²) >= 11 is 0. The molecule has 1 saturated heterocycles. The van der Waals surface area contributed by atoms with E-state index in [2.05, 4.69) is 22.5 Å². The average molecular weight is 247 g/mol. The van der Waals surface area contributed by atoms with Crippen molar-refractivity contribution in [2.75, 3.05) is 19.6 Å². The number of carbonyl (C=O) groups is 1. The summed E-state index contributed by atoms with van der Waals surface area (Å²) in [6.07, 6.45) is 6.28. The Bertz CT molecular complexity index is 385. The monoisotopic (exact) mass is 247 g/mol. The Balaban J connectivity index is 1.81. The first-order valence-corrected chi connectivity index (χ1v) is 6.65. The number of nitrogens with one attached hydrogen (secondary N) is 2. The van der Waals surface area contributed by atoms with Crippen LogP contribution in [0.25, 0.3) is 0 Å². The lowest BCUT2D eigenvalue weighted by atomic mass is 9.83. The van der Waals surface area contributed by atoms with E-state index in [0.29, 0.717) is 6.54 Å². The number of nitrogens with zero attached hydrogens (tertiary/aromatic N) is 1. The fraction of sp³-hybridized carbons (Fsp3) is 0.571. The van der Waals surface area contributed by atoms with Gasteiger partial charge >= 0.3 is 0 Å². The molecule has 0 aromatic carbocycles. The minimum absolute atomic E-state index is 0.182. The zero-order chi connectivity index (χ0) is 12.8. The number of hydrogen-bond acceptors (Lipinski definition) is 3. The molecule has 0 spiro atoms. The molecule has 0 radical (unpaired) electrons. The van der Waals surface area contributed by atoms with Crippen molar-refractivity contribution in [1.82, 2.24) is 15.6 Å². The van der Waals surface area contributed by atoms with E-state index in [4.69, 9.17) is 0 Å². The topological polar surface area (TPSA) is 54.0 Å². The van der Waals surface area contributed by atoms with Gasteiger partial charge in [-0.05, 0) is 43.5 Å². The molecule has 1 amide bonds. The second-order valence-corrected chi connectivity index (χ2v) is 4.92. The van der Waals surface area contributed by atoms with Crippen molar-refractivity contribution in [3.8, 4) is 0 Å². The van der Waals surface area contributed by atoms with Crippen molar-refractivity contribution in [3.05, 3.63) is 30.1 Å². The molecule has 98 valence electrons. The van der Waals surface area contributed by atoms with Gasteiger partial charge in [0.1, 0.15) is 0 Å². The molecule has 0 aliphatic carbocycles. The lowest BCUT2D eigenvalue weighted by Crippen LogP contribution is -2.42. The summed E-state index contributed by atoms with van der Waals surface area (Å²) in [6.45, 7) is 4.55. The van der Waals surface area contributed by atoms with Crippen LogP contribution in [0.4, 0.5) is 0 Å². The second kappa shape index (κ2) is 5.96. The van der Waals surface area contributed by atoms with Gasteiger partial charge in [0, 0.05) is 25.5 Å². The molecule has 4 heteroatoms. The number of hydrogen-bond donors (Lipinski definition) is 2. The Labute approximate surface area is 108 Å². The van der Waals surface area contributed by atoms with Gasteiger partial charge in [0.2, 0.25) is 5.91 Å². The molecule has 1 unspecified atom stereocenters. The minimum atomic E-state index is -0.182. The van der Waals surface area contributed by atoms with Crippen molar-refractivity contribution in [2.24, 2.45) is 5.41 Å². The highest BCUT2D eigenvalue weighted by atomic mass is 16.2. The van der Waals surface area contributed by atoms with Crippen molar-refractivity contribution in [3.63, 3.8) is 0 Å². The predicted octanol–water partition coefficient (Wildman–Crippen LogP) is 1.13. The average Bonchev–Trinajstić information content (AvgIpc) is 2.90. The van der Waals surface area contributed by atoms with Crippen LogP contribution in [0.1, 0.15) is 25.3 Å². The third-order valence-corrected chi connectivity index (χ3v) is 3.85. The van der Waals surface area contributed by atoms with Gasteiger partial charge in [-0.15, -0.1) is 0 Å². The summed E-state index contributed by atoms with van der Waals surface area (Å²) in [7, 11) is 0. The third kappa shape index (κ3) is 2.88. The first-order chi connectivity index (χ1) is 8.77. The van der Waals surface area contributed by atoms with Crippen LogP contribution in [0.5, 0.6) is 0 Å². The van der Waals surface area contributed by atoms with Crippen LogP contribution in [-0.4, -0.2) is 30.5 Å². The molecule has 2 N–H and O–H groups in total. The summed E-state index contributed by atoms with van der Waals surface area (Å²) in [6, 6.07) is 3.97. The van der Waals surface area contributed by atoms with Gasteiger partial charge in [0.05, 0.1) is 5.41 Å². The molecular weight excluding hydrogens is 226 g/mol. The molecule has 18 heavy (non-hydrogen) atoms. The Kier molecular flexibility index (Phi) is 4.31. The highest BCUT2D eigenvalue weighted by molar-refractivity contribution is 5.83. The van der Waals surface area contributed by atoms with E-state index < -0.39 is 0 Å². The van der Waals surface area contributed by atoms with E-state index in [-0.39, 0.29) is 11.3 Å². The lowest BCUT2D eigenvalue weighted by Gasteiger charge is -2.25. The molecule has 0 bridgehead atoms. The Morgan fingerprint density at radius 1 is 1.50 bits per heavy atom. The zero-order valence-electron chi connectivity index (χ0n) is 10.9. The first-order valence-electron chi connectivity index (χ1n) is 6.65. The van der Waals surface area contributed by atoms with Crippen LogP contribution in [0.15, 0.2) is 24.5 Å². The first kappa shape index (κ1) is 13.0. The van der Waals surface area contributed by atoms with Crippen molar-refractivity contribution in [2.45, 2.75) is 26.2 Å². The van der Waals surface area contributed by atoms with Crippen molar-refractivity contribution in [1.29, 1.82) is 0 Å². The van der Waals surface area contributed by atoms with Gasteiger partial charge in [-0.25, -0.2) is 0 Å². The molecular formula is C14H21N3O. The number of rotatable bonds is 5. The Morgan fingerprint density at radius 3 is 2.89 bits per heavy atom. The fourth-order valence-corrected chi connectivity index (χ4v) is 2.46. The fourth-order valence-electron chi connectivity index (χ4n) is 2.46. The highest BCUT2D eigenvalue weighted by Gasteiger charge is 2.38.